The molecule has 6 nitrogen and oxygen atoms in total. The summed E-state index contributed by atoms with van der Waals surface area (Å²) in [6.07, 6.45) is 2.37. The first-order valence-corrected chi connectivity index (χ1v) is 10.1. The van der Waals surface area contributed by atoms with Gasteiger partial charge >= 0.3 is 6.03 Å². The van der Waals surface area contributed by atoms with Crippen LogP contribution >= 0.6 is 0 Å². The molecule has 0 aliphatic carbocycles. The van der Waals surface area contributed by atoms with E-state index in [0.717, 1.165) is 32.4 Å². The van der Waals surface area contributed by atoms with Crippen LogP contribution in [0, 0.1) is 11.8 Å². The number of urea groups is 1. The highest BCUT2D eigenvalue weighted by Gasteiger charge is 2.57. The van der Waals surface area contributed by atoms with Gasteiger partial charge in [-0.15, -0.1) is 0 Å². The molecule has 3 amide bonds. The summed E-state index contributed by atoms with van der Waals surface area (Å²) in [7, 11) is 1.72. The maximum absolute atomic E-state index is 13.3. The number of hydrogen-bond donors (Lipinski definition) is 0. The zero-order valence-corrected chi connectivity index (χ0v) is 17.5. The van der Waals surface area contributed by atoms with E-state index in [-0.39, 0.29) is 17.9 Å². The van der Waals surface area contributed by atoms with Gasteiger partial charge in [-0.2, -0.15) is 0 Å². The van der Waals surface area contributed by atoms with E-state index >= 15 is 0 Å². The molecule has 150 valence electrons. The molecule has 0 radical (unpaired) electrons. The van der Waals surface area contributed by atoms with Gasteiger partial charge in [0.15, 0.2) is 0 Å². The van der Waals surface area contributed by atoms with Gasteiger partial charge < -0.3 is 9.64 Å². The first-order chi connectivity index (χ1) is 12.2. The Balaban J connectivity index is 2.19. The van der Waals surface area contributed by atoms with Gasteiger partial charge in [0.1, 0.15) is 5.54 Å². The molecule has 2 aliphatic heterocycles. The fraction of sp³-hybridized carbons (Fsp3) is 0.900. The van der Waals surface area contributed by atoms with Crippen LogP contribution in [0.5, 0.6) is 0 Å². The van der Waals surface area contributed by atoms with Crippen LogP contribution in [0.25, 0.3) is 0 Å². The SMILES string of the molecule is COC[C@H](C)N1CCC2(CC1)C(=O)N(CC(C)C)C(=O)N2CCC(C)C. The molecule has 0 aromatic carbocycles. The number of methoxy groups -OCH3 is 1. The van der Waals surface area contributed by atoms with Gasteiger partial charge in [-0.1, -0.05) is 27.7 Å². The Morgan fingerprint density at radius 1 is 1.04 bits per heavy atom. The molecule has 1 atom stereocenters. The minimum Gasteiger partial charge on any atom is -0.383 e. The number of amides is 3. The molecule has 0 aromatic heterocycles. The van der Waals surface area contributed by atoms with E-state index in [1.807, 2.05) is 4.90 Å². The molecule has 26 heavy (non-hydrogen) atoms. The van der Waals surface area contributed by atoms with Gasteiger partial charge in [0.05, 0.1) is 6.61 Å². The summed E-state index contributed by atoms with van der Waals surface area (Å²) >= 11 is 0. The minimum absolute atomic E-state index is 0.0269. The lowest BCUT2D eigenvalue weighted by Crippen LogP contribution is -2.58. The third-order valence-electron chi connectivity index (χ3n) is 5.76. The number of hydrogen-bond acceptors (Lipinski definition) is 4. The highest BCUT2D eigenvalue weighted by molar-refractivity contribution is 6.07. The molecule has 2 saturated heterocycles. The van der Waals surface area contributed by atoms with E-state index in [0.29, 0.717) is 31.7 Å². The van der Waals surface area contributed by atoms with Gasteiger partial charge in [0, 0.05) is 39.3 Å². The van der Waals surface area contributed by atoms with E-state index in [1.165, 1.54) is 4.90 Å². The molecule has 2 rings (SSSR count). The van der Waals surface area contributed by atoms with Crippen molar-refractivity contribution < 1.29 is 14.3 Å². The quantitative estimate of drug-likeness (QED) is 0.619. The Bertz CT molecular complexity index is 499. The van der Waals surface area contributed by atoms with Crippen LogP contribution < -0.4 is 0 Å². The van der Waals surface area contributed by atoms with Crippen LogP contribution in [0.3, 0.4) is 0 Å². The van der Waals surface area contributed by atoms with E-state index in [1.54, 1.807) is 7.11 Å². The van der Waals surface area contributed by atoms with Crippen molar-refractivity contribution in [3.8, 4) is 0 Å². The molecule has 0 aromatic rings. The third-order valence-corrected chi connectivity index (χ3v) is 5.76. The topological polar surface area (TPSA) is 53.1 Å². The summed E-state index contributed by atoms with van der Waals surface area (Å²) in [5, 5.41) is 0. The first kappa shape index (κ1) is 21.2. The average molecular weight is 368 g/mol. The van der Waals surface area contributed by atoms with Crippen LogP contribution in [0.4, 0.5) is 4.79 Å². The predicted molar refractivity (Wildman–Crippen MR) is 103 cm³/mol. The van der Waals surface area contributed by atoms with Gasteiger partial charge in [0.25, 0.3) is 5.91 Å². The number of piperidine rings is 1. The van der Waals surface area contributed by atoms with Crippen LogP contribution in [0.15, 0.2) is 0 Å². The van der Waals surface area contributed by atoms with Gasteiger partial charge in [-0.25, -0.2) is 4.79 Å². The average Bonchev–Trinajstić information content (AvgIpc) is 2.75. The first-order valence-electron chi connectivity index (χ1n) is 10.1. The van der Waals surface area contributed by atoms with Crippen molar-refractivity contribution in [1.82, 2.24) is 14.7 Å². The zero-order chi connectivity index (χ0) is 19.5. The van der Waals surface area contributed by atoms with E-state index in [2.05, 4.69) is 39.5 Å². The second-order valence-corrected chi connectivity index (χ2v) is 8.80. The van der Waals surface area contributed by atoms with Crippen molar-refractivity contribution in [3.63, 3.8) is 0 Å². The van der Waals surface area contributed by atoms with Gasteiger partial charge in [-0.05, 0) is 38.0 Å². The monoisotopic (exact) mass is 367 g/mol. The smallest absolute Gasteiger partial charge is 0.327 e. The zero-order valence-electron chi connectivity index (χ0n) is 17.5. The molecule has 6 heteroatoms. The Hall–Kier alpha value is -1.14. The van der Waals surface area contributed by atoms with Crippen molar-refractivity contribution in [2.45, 2.75) is 65.5 Å². The van der Waals surface area contributed by atoms with Crippen molar-refractivity contribution in [2.24, 2.45) is 11.8 Å². The molecule has 2 fully saturated rings. The number of carbonyl (C=O) groups is 2. The van der Waals surface area contributed by atoms with Crippen molar-refractivity contribution in [2.75, 3.05) is 39.9 Å². The molecule has 1 spiro atoms. The lowest BCUT2D eigenvalue weighted by Gasteiger charge is -2.44. The number of rotatable bonds is 8. The van der Waals surface area contributed by atoms with Crippen LogP contribution in [0.1, 0.15) is 53.9 Å². The van der Waals surface area contributed by atoms with Crippen LogP contribution in [0.2, 0.25) is 0 Å². The largest absolute Gasteiger partial charge is 0.383 e. The maximum Gasteiger partial charge on any atom is 0.327 e. The van der Waals surface area contributed by atoms with Crippen LogP contribution in [-0.4, -0.2) is 78.1 Å². The van der Waals surface area contributed by atoms with Crippen molar-refractivity contribution in [1.29, 1.82) is 0 Å². The van der Waals surface area contributed by atoms with E-state index in [4.69, 9.17) is 4.74 Å². The second kappa shape index (κ2) is 8.70. The lowest BCUT2D eigenvalue weighted by molar-refractivity contribution is -0.136. The molecular weight excluding hydrogens is 330 g/mol. The number of carbonyl (C=O) groups excluding carboxylic acids is 2. The van der Waals surface area contributed by atoms with Crippen molar-refractivity contribution >= 4 is 11.9 Å². The van der Waals surface area contributed by atoms with E-state index < -0.39 is 5.54 Å². The molecule has 0 N–H and O–H groups in total. The van der Waals surface area contributed by atoms with Gasteiger partial charge in [0.2, 0.25) is 0 Å². The number of likely N-dealkylation sites (tertiary alicyclic amines) is 1. The predicted octanol–water partition coefficient (Wildman–Crippen LogP) is 2.82. The fourth-order valence-electron chi connectivity index (χ4n) is 4.17. The molecule has 2 heterocycles. The molecule has 0 bridgehead atoms. The number of ether oxygens (including phenoxy) is 1. The number of nitrogens with zero attached hydrogens (tertiary/aromatic N) is 3. The normalized spacial score (nSPS) is 22.3. The summed E-state index contributed by atoms with van der Waals surface area (Å²) < 4.78 is 5.28. The molecule has 0 saturated carbocycles. The highest BCUT2D eigenvalue weighted by atomic mass is 16.5. The van der Waals surface area contributed by atoms with Crippen molar-refractivity contribution in [3.05, 3.63) is 0 Å². The maximum atomic E-state index is 13.3. The minimum atomic E-state index is -0.635. The molecule has 0 unspecified atom stereocenters. The molecular formula is C20H37N3O3. The summed E-state index contributed by atoms with van der Waals surface area (Å²) in [5.41, 5.74) is -0.635. The molecule has 2 aliphatic rings. The third kappa shape index (κ3) is 4.22. The Morgan fingerprint density at radius 3 is 2.15 bits per heavy atom. The summed E-state index contributed by atoms with van der Waals surface area (Å²) in [4.78, 5) is 32.1. The fourth-order valence-corrected chi connectivity index (χ4v) is 4.17. The number of imide groups is 1. The Morgan fingerprint density at radius 2 is 1.65 bits per heavy atom. The Labute approximate surface area is 158 Å². The van der Waals surface area contributed by atoms with E-state index in [9.17, 15) is 9.59 Å². The highest BCUT2D eigenvalue weighted by Crippen LogP contribution is 2.38. The summed E-state index contributed by atoms with van der Waals surface area (Å²) in [6, 6.07) is 0.253. The summed E-state index contributed by atoms with van der Waals surface area (Å²) in [6.45, 7) is 14.1. The summed E-state index contributed by atoms with van der Waals surface area (Å²) in [5.74, 6) is 0.821. The standard InChI is InChI=1S/C20H37N3O3/c1-15(2)7-10-23-19(25)22(13-16(3)4)18(24)20(23)8-11-21(12-9-20)17(5)14-26-6/h15-17H,7-14H2,1-6H3/t17-/m0/s1. The van der Waals surface area contributed by atoms with Crippen LogP contribution in [-0.2, 0) is 9.53 Å². The Kier molecular flexibility index (Phi) is 7.08. The lowest BCUT2D eigenvalue weighted by atomic mass is 9.85. The second-order valence-electron chi connectivity index (χ2n) is 8.80. The van der Waals surface area contributed by atoms with Gasteiger partial charge in [-0.3, -0.25) is 14.6 Å².